The molecule has 0 fully saturated rings. The van der Waals surface area contributed by atoms with E-state index < -0.39 is 11.4 Å². The summed E-state index contributed by atoms with van der Waals surface area (Å²) in [6.45, 7) is 1.44. The Morgan fingerprint density at radius 3 is 2.60 bits per heavy atom. The van der Waals surface area contributed by atoms with E-state index in [0.717, 1.165) is 5.56 Å². The van der Waals surface area contributed by atoms with E-state index >= 15 is 0 Å². The van der Waals surface area contributed by atoms with Crippen LogP contribution < -0.4 is 10.7 Å². The molecule has 0 aliphatic rings. The number of benzene rings is 1. The number of hydrogen-bond donors (Lipinski definition) is 3. The van der Waals surface area contributed by atoms with Crippen LogP contribution in [0.15, 0.2) is 53.6 Å². The Hall–Kier alpha value is -2.40. The summed E-state index contributed by atoms with van der Waals surface area (Å²) in [6, 6.07) is 10.4. The van der Waals surface area contributed by atoms with Crippen LogP contribution in [0.4, 0.5) is 0 Å². The molecule has 3 N–H and O–H groups in total. The summed E-state index contributed by atoms with van der Waals surface area (Å²) in [4.78, 5) is 26.5. The molecule has 1 heterocycles. The number of aliphatic hydroxyl groups excluding tert-OH is 1. The quantitative estimate of drug-likeness (QED) is 0.777. The zero-order valence-corrected chi connectivity index (χ0v) is 11.1. The van der Waals surface area contributed by atoms with Gasteiger partial charge in [0, 0.05) is 18.5 Å². The number of rotatable bonds is 4. The zero-order valence-electron chi connectivity index (χ0n) is 11.1. The van der Waals surface area contributed by atoms with E-state index in [1.54, 1.807) is 6.92 Å². The second-order valence-corrected chi connectivity index (χ2v) is 4.73. The van der Waals surface area contributed by atoms with E-state index in [4.69, 9.17) is 0 Å². The molecule has 5 heteroatoms. The summed E-state index contributed by atoms with van der Waals surface area (Å²) < 4.78 is 0. The van der Waals surface area contributed by atoms with Gasteiger partial charge < -0.3 is 15.4 Å². The van der Waals surface area contributed by atoms with Crippen LogP contribution in [0, 0.1) is 0 Å². The Morgan fingerprint density at radius 1 is 1.30 bits per heavy atom. The summed E-state index contributed by atoms with van der Waals surface area (Å²) >= 11 is 0. The number of carbonyl (C=O) groups excluding carboxylic acids is 1. The predicted molar refractivity (Wildman–Crippen MR) is 75.4 cm³/mol. The monoisotopic (exact) mass is 272 g/mol. The van der Waals surface area contributed by atoms with Crippen LogP contribution in [0.3, 0.4) is 0 Å². The third-order valence-corrected chi connectivity index (χ3v) is 3.19. The van der Waals surface area contributed by atoms with Crippen molar-refractivity contribution in [2.45, 2.75) is 12.5 Å². The van der Waals surface area contributed by atoms with Gasteiger partial charge in [0.2, 0.25) is 0 Å². The van der Waals surface area contributed by atoms with Crippen molar-refractivity contribution in [1.82, 2.24) is 10.3 Å². The number of pyridine rings is 1. The second-order valence-electron chi connectivity index (χ2n) is 4.73. The Bertz CT molecular complexity index is 651. The van der Waals surface area contributed by atoms with Crippen LogP contribution in [0.1, 0.15) is 22.8 Å². The minimum atomic E-state index is -0.944. The molecule has 0 spiro atoms. The van der Waals surface area contributed by atoms with Crippen LogP contribution in [-0.2, 0) is 5.54 Å². The van der Waals surface area contributed by atoms with Crippen molar-refractivity contribution < 1.29 is 9.90 Å². The fourth-order valence-corrected chi connectivity index (χ4v) is 1.92. The third-order valence-electron chi connectivity index (χ3n) is 3.19. The molecule has 0 aliphatic heterocycles. The molecule has 1 aromatic heterocycles. The number of aromatic nitrogens is 1. The SMILES string of the molecule is CC(CO)(NC(=O)c1c[nH]ccc1=O)c1ccccc1. The van der Waals surface area contributed by atoms with Crippen molar-refractivity contribution in [3.05, 3.63) is 70.1 Å². The van der Waals surface area contributed by atoms with Gasteiger partial charge in [0.25, 0.3) is 5.91 Å². The van der Waals surface area contributed by atoms with E-state index in [1.807, 2.05) is 30.3 Å². The largest absolute Gasteiger partial charge is 0.394 e. The lowest BCUT2D eigenvalue weighted by molar-refractivity contribution is 0.0848. The highest BCUT2D eigenvalue weighted by Gasteiger charge is 2.28. The third kappa shape index (κ3) is 2.78. The average molecular weight is 272 g/mol. The summed E-state index contributed by atoms with van der Waals surface area (Å²) in [5.41, 5.74) is -0.526. The molecule has 1 unspecified atom stereocenters. The van der Waals surface area contributed by atoms with Gasteiger partial charge in [-0.1, -0.05) is 30.3 Å². The molecule has 0 bridgehead atoms. The Labute approximate surface area is 116 Å². The molecule has 1 atom stereocenters. The number of amides is 1. The number of carbonyl (C=O) groups is 1. The maximum absolute atomic E-state index is 12.2. The molecule has 1 aromatic carbocycles. The van der Waals surface area contributed by atoms with E-state index in [0.29, 0.717) is 0 Å². The van der Waals surface area contributed by atoms with Crippen LogP contribution in [-0.4, -0.2) is 22.6 Å². The molecular formula is C15H16N2O3. The van der Waals surface area contributed by atoms with Crippen molar-refractivity contribution in [2.24, 2.45) is 0 Å². The Kier molecular flexibility index (Phi) is 4.00. The number of nitrogens with one attached hydrogen (secondary N) is 2. The Morgan fingerprint density at radius 2 is 2.00 bits per heavy atom. The Balaban J connectivity index is 2.29. The molecule has 0 saturated carbocycles. The lowest BCUT2D eigenvalue weighted by Crippen LogP contribution is -2.47. The highest BCUT2D eigenvalue weighted by molar-refractivity contribution is 5.94. The van der Waals surface area contributed by atoms with Crippen LogP contribution in [0.2, 0.25) is 0 Å². The smallest absolute Gasteiger partial charge is 0.257 e. The van der Waals surface area contributed by atoms with E-state index in [1.165, 1.54) is 18.5 Å². The number of aromatic amines is 1. The topological polar surface area (TPSA) is 82.2 Å². The minimum absolute atomic E-state index is 0.0168. The highest BCUT2D eigenvalue weighted by atomic mass is 16.3. The molecule has 104 valence electrons. The fourth-order valence-electron chi connectivity index (χ4n) is 1.92. The van der Waals surface area contributed by atoms with Gasteiger partial charge in [-0.15, -0.1) is 0 Å². The molecule has 1 amide bonds. The molecular weight excluding hydrogens is 256 g/mol. The van der Waals surface area contributed by atoms with Gasteiger partial charge in [0.05, 0.1) is 12.1 Å². The predicted octanol–water partition coefficient (Wildman–Crippen LogP) is 1.01. The van der Waals surface area contributed by atoms with E-state index in [2.05, 4.69) is 10.3 Å². The van der Waals surface area contributed by atoms with Crippen LogP contribution >= 0.6 is 0 Å². The molecule has 0 aliphatic carbocycles. The van der Waals surface area contributed by atoms with Gasteiger partial charge in [-0.25, -0.2) is 0 Å². The van der Waals surface area contributed by atoms with Gasteiger partial charge in [0.15, 0.2) is 5.43 Å². The molecule has 2 aromatic rings. The van der Waals surface area contributed by atoms with Gasteiger partial charge in [-0.3, -0.25) is 9.59 Å². The molecule has 0 saturated heterocycles. The van der Waals surface area contributed by atoms with E-state index in [9.17, 15) is 14.7 Å². The summed E-state index contributed by atoms with van der Waals surface area (Å²) in [5, 5.41) is 12.3. The van der Waals surface area contributed by atoms with E-state index in [-0.39, 0.29) is 17.6 Å². The van der Waals surface area contributed by atoms with Crippen molar-refractivity contribution in [2.75, 3.05) is 6.61 Å². The first-order valence-corrected chi connectivity index (χ1v) is 6.23. The zero-order chi connectivity index (χ0) is 14.6. The van der Waals surface area contributed by atoms with Crippen LogP contribution in [0.25, 0.3) is 0 Å². The molecule has 0 radical (unpaired) electrons. The normalized spacial score (nSPS) is 13.5. The summed E-state index contributed by atoms with van der Waals surface area (Å²) in [7, 11) is 0. The van der Waals surface area contributed by atoms with Gasteiger partial charge in [0.1, 0.15) is 5.56 Å². The van der Waals surface area contributed by atoms with Crippen molar-refractivity contribution in [1.29, 1.82) is 0 Å². The first-order valence-electron chi connectivity index (χ1n) is 6.23. The number of aliphatic hydroxyl groups is 1. The van der Waals surface area contributed by atoms with Crippen molar-refractivity contribution >= 4 is 5.91 Å². The first kappa shape index (κ1) is 14.0. The van der Waals surface area contributed by atoms with Gasteiger partial charge in [-0.05, 0) is 12.5 Å². The maximum atomic E-state index is 12.2. The molecule has 2 rings (SSSR count). The fraction of sp³-hybridized carbons (Fsp3) is 0.200. The van der Waals surface area contributed by atoms with Crippen LogP contribution in [0.5, 0.6) is 0 Å². The highest BCUT2D eigenvalue weighted by Crippen LogP contribution is 2.20. The lowest BCUT2D eigenvalue weighted by atomic mass is 9.92. The average Bonchev–Trinajstić information content (AvgIpc) is 2.48. The first-order chi connectivity index (χ1) is 9.57. The van der Waals surface area contributed by atoms with Gasteiger partial charge >= 0.3 is 0 Å². The lowest BCUT2D eigenvalue weighted by Gasteiger charge is -2.29. The minimum Gasteiger partial charge on any atom is -0.394 e. The van der Waals surface area contributed by atoms with Crippen molar-refractivity contribution in [3.8, 4) is 0 Å². The van der Waals surface area contributed by atoms with Crippen molar-refractivity contribution in [3.63, 3.8) is 0 Å². The molecule has 20 heavy (non-hydrogen) atoms. The molecule has 5 nitrogen and oxygen atoms in total. The summed E-state index contributed by atoms with van der Waals surface area (Å²) in [5.74, 6) is -0.521. The maximum Gasteiger partial charge on any atom is 0.257 e. The number of hydrogen-bond acceptors (Lipinski definition) is 3. The second kappa shape index (κ2) is 5.71. The standard InChI is InChI=1S/C15H16N2O3/c1-15(10-18,11-5-3-2-4-6-11)17-14(20)12-9-16-8-7-13(12)19/h2-9,18H,10H2,1H3,(H,16,19)(H,17,20). The van der Waals surface area contributed by atoms with Gasteiger partial charge in [-0.2, -0.15) is 0 Å². The summed E-state index contributed by atoms with van der Waals surface area (Å²) in [6.07, 6.45) is 2.81. The number of H-pyrrole nitrogens is 1.